The lowest BCUT2D eigenvalue weighted by Crippen LogP contribution is -2.23. The molecule has 0 saturated heterocycles. The maximum atomic E-state index is 12.5. The normalized spacial score (nSPS) is 13.0. The van der Waals surface area contributed by atoms with Crippen LogP contribution in [-0.4, -0.2) is 17.5 Å². The zero-order chi connectivity index (χ0) is 12.4. The highest BCUT2D eigenvalue weighted by molar-refractivity contribution is 6.31. The van der Waals surface area contributed by atoms with Crippen LogP contribution in [0, 0.1) is 0 Å². The number of nitrogens with zero attached hydrogens (tertiary/aromatic N) is 1. The molecule has 17 heavy (non-hydrogen) atoms. The highest BCUT2D eigenvalue weighted by Gasteiger charge is 2.15. The Morgan fingerprint density at radius 1 is 1.35 bits per heavy atom. The Bertz CT molecular complexity index is 531. The third-order valence-electron chi connectivity index (χ3n) is 2.43. The Morgan fingerprint density at radius 3 is 2.82 bits per heavy atom. The van der Waals surface area contributed by atoms with Crippen LogP contribution in [0.25, 0.3) is 10.9 Å². The first-order chi connectivity index (χ1) is 8.08. The number of pyridine rings is 1. The summed E-state index contributed by atoms with van der Waals surface area (Å²) in [6.45, 7) is 1.42. The van der Waals surface area contributed by atoms with E-state index >= 15 is 0 Å². The molecule has 90 valence electrons. The fourth-order valence-electron chi connectivity index (χ4n) is 1.57. The first-order valence-corrected chi connectivity index (χ1v) is 5.54. The molecule has 1 heterocycles. The van der Waals surface area contributed by atoms with Crippen LogP contribution in [-0.2, 0) is 0 Å². The van der Waals surface area contributed by atoms with Gasteiger partial charge in [0.15, 0.2) is 0 Å². The standard InChI is InChI=1S/C12H11ClF2N2/c1-7(12(14)15)17-10-6-9(13)5-8-3-2-4-16-11(8)10/h2-7,12,17H,1H3. The van der Waals surface area contributed by atoms with Gasteiger partial charge in [-0.2, -0.15) is 0 Å². The van der Waals surface area contributed by atoms with E-state index in [1.807, 2.05) is 6.07 Å². The van der Waals surface area contributed by atoms with Crippen LogP contribution in [0.4, 0.5) is 14.5 Å². The van der Waals surface area contributed by atoms with Crippen molar-refractivity contribution >= 4 is 28.2 Å². The van der Waals surface area contributed by atoms with Crippen molar-refractivity contribution < 1.29 is 8.78 Å². The van der Waals surface area contributed by atoms with Crippen molar-refractivity contribution in [2.45, 2.75) is 19.4 Å². The number of hydrogen-bond acceptors (Lipinski definition) is 2. The topological polar surface area (TPSA) is 24.9 Å². The quantitative estimate of drug-likeness (QED) is 0.899. The van der Waals surface area contributed by atoms with Gasteiger partial charge in [-0.25, -0.2) is 8.78 Å². The highest BCUT2D eigenvalue weighted by atomic mass is 35.5. The van der Waals surface area contributed by atoms with Crippen molar-refractivity contribution in [3.63, 3.8) is 0 Å². The first-order valence-electron chi connectivity index (χ1n) is 5.17. The van der Waals surface area contributed by atoms with E-state index in [4.69, 9.17) is 11.6 Å². The van der Waals surface area contributed by atoms with Gasteiger partial charge in [-0.05, 0) is 25.1 Å². The summed E-state index contributed by atoms with van der Waals surface area (Å²) in [5.74, 6) is 0. The van der Waals surface area contributed by atoms with Crippen molar-refractivity contribution in [1.82, 2.24) is 4.98 Å². The lowest BCUT2D eigenvalue weighted by atomic mass is 10.2. The zero-order valence-electron chi connectivity index (χ0n) is 9.12. The number of rotatable bonds is 3. The summed E-state index contributed by atoms with van der Waals surface area (Å²) in [5.41, 5.74) is 1.17. The second-order valence-electron chi connectivity index (χ2n) is 3.80. The molecule has 0 fully saturated rings. The van der Waals surface area contributed by atoms with Gasteiger partial charge in [0.1, 0.15) is 0 Å². The Morgan fingerprint density at radius 2 is 2.12 bits per heavy atom. The van der Waals surface area contributed by atoms with E-state index in [0.29, 0.717) is 16.2 Å². The molecule has 0 amide bonds. The molecule has 1 aromatic carbocycles. The molecule has 2 rings (SSSR count). The molecule has 1 N–H and O–H groups in total. The fraction of sp³-hybridized carbons (Fsp3) is 0.250. The second kappa shape index (κ2) is 4.84. The van der Waals surface area contributed by atoms with Crippen LogP contribution < -0.4 is 5.32 Å². The van der Waals surface area contributed by atoms with Crippen molar-refractivity contribution in [2.24, 2.45) is 0 Å². The van der Waals surface area contributed by atoms with Crippen molar-refractivity contribution in [2.75, 3.05) is 5.32 Å². The molecule has 2 aromatic rings. The Labute approximate surface area is 103 Å². The van der Waals surface area contributed by atoms with E-state index < -0.39 is 12.5 Å². The average Bonchev–Trinajstić information content (AvgIpc) is 2.28. The summed E-state index contributed by atoms with van der Waals surface area (Å²) < 4.78 is 25.0. The molecule has 0 aliphatic carbocycles. The molecule has 5 heteroatoms. The summed E-state index contributed by atoms with van der Waals surface area (Å²) in [6, 6.07) is 6.03. The molecular weight excluding hydrogens is 246 g/mol. The number of hydrogen-bond donors (Lipinski definition) is 1. The SMILES string of the molecule is CC(Nc1cc(Cl)cc2cccnc12)C(F)F. The second-order valence-corrected chi connectivity index (χ2v) is 4.23. The minimum atomic E-state index is -2.44. The molecule has 0 saturated carbocycles. The maximum Gasteiger partial charge on any atom is 0.258 e. The molecule has 1 atom stereocenters. The number of halogens is 3. The van der Waals surface area contributed by atoms with Crippen LogP contribution in [0.2, 0.25) is 5.02 Å². The number of anilines is 1. The lowest BCUT2D eigenvalue weighted by Gasteiger charge is -2.15. The molecular formula is C12H11ClF2N2. The largest absolute Gasteiger partial charge is 0.375 e. The Kier molecular flexibility index (Phi) is 3.43. The predicted octanol–water partition coefficient (Wildman–Crippen LogP) is 3.95. The van der Waals surface area contributed by atoms with Crippen molar-refractivity contribution in [3.8, 4) is 0 Å². The Hall–Kier alpha value is -1.42. The van der Waals surface area contributed by atoms with Gasteiger partial charge in [-0.1, -0.05) is 17.7 Å². The summed E-state index contributed by atoms with van der Waals surface area (Å²) in [7, 11) is 0. The highest BCUT2D eigenvalue weighted by Crippen LogP contribution is 2.27. The lowest BCUT2D eigenvalue weighted by molar-refractivity contribution is 0.131. The molecule has 2 nitrogen and oxygen atoms in total. The average molecular weight is 257 g/mol. The fourth-order valence-corrected chi connectivity index (χ4v) is 1.80. The number of alkyl halides is 2. The van der Waals surface area contributed by atoms with E-state index in [-0.39, 0.29) is 0 Å². The van der Waals surface area contributed by atoms with E-state index in [1.54, 1.807) is 24.4 Å². The van der Waals surface area contributed by atoms with Crippen LogP contribution in [0.3, 0.4) is 0 Å². The van der Waals surface area contributed by atoms with Crippen LogP contribution in [0.1, 0.15) is 6.92 Å². The molecule has 0 bridgehead atoms. The third-order valence-corrected chi connectivity index (χ3v) is 2.65. The molecule has 0 aliphatic rings. The number of nitrogens with one attached hydrogen (secondary N) is 1. The van der Waals surface area contributed by atoms with Gasteiger partial charge in [-0.15, -0.1) is 0 Å². The van der Waals surface area contributed by atoms with Gasteiger partial charge in [-0.3, -0.25) is 4.98 Å². The Balaban J connectivity index is 2.45. The van der Waals surface area contributed by atoms with Crippen LogP contribution >= 0.6 is 11.6 Å². The monoisotopic (exact) mass is 256 g/mol. The van der Waals surface area contributed by atoms with Gasteiger partial charge < -0.3 is 5.32 Å². The molecule has 1 unspecified atom stereocenters. The first kappa shape index (κ1) is 12.0. The maximum absolute atomic E-state index is 12.5. The zero-order valence-corrected chi connectivity index (χ0v) is 9.88. The summed E-state index contributed by atoms with van der Waals surface area (Å²) in [4.78, 5) is 4.17. The molecule has 1 aromatic heterocycles. The van der Waals surface area contributed by atoms with Gasteiger partial charge >= 0.3 is 0 Å². The van der Waals surface area contributed by atoms with E-state index in [9.17, 15) is 8.78 Å². The predicted molar refractivity (Wildman–Crippen MR) is 65.8 cm³/mol. The smallest absolute Gasteiger partial charge is 0.258 e. The number of aromatic nitrogens is 1. The van der Waals surface area contributed by atoms with Crippen molar-refractivity contribution in [1.29, 1.82) is 0 Å². The van der Waals surface area contributed by atoms with Crippen molar-refractivity contribution in [3.05, 3.63) is 35.5 Å². The number of benzene rings is 1. The summed E-state index contributed by atoms with van der Waals surface area (Å²) in [5, 5.41) is 4.05. The van der Waals surface area contributed by atoms with E-state index in [2.05, 4.69) is 10.3 Å². The molecule has 0 aliphatic heterocycles. The van der Waals surface area contributed by atoms with Gasteiger partial charge in [0, 0.05) is 16.6 Å². The van der Waals surface area contributed by atoms with E-state index in [0.717, 1.165) is 5.39 Å². The molecule has 0 radical (unpaired) electrons. The van der Waals surface area contributed by atoms with Crippen LogP contribution in [0.15, 0.2) is 30.5 Å². The van der Waals surface area contributed by atoms with Crippen LogP contribution in [0.5, 0.6) is 0 Å². The number of fused-ring (bicyclic) bond motifs is 1. The minimum Gasteiger partial charge on any atom is -0.375 e. The third kappa shape index (κ3) is 2.64. The molecule has 0 spiro atoms. The van der Waals surface area contributed by atoms with Gasteiger partial charge in [0.05, 0.1) is 17.2 Å². The van der Waals surface area contributed by atoms with Gasteiger partial charge in [0.2, 0.25) is 0 Å². The van der Waals surface area contributed by atoms with E-state index in [1.165, 1.54) is 6.92 Å². The summed E-state index contributed by atoms with van der Waals surface area (Å²) >= 11 is 5.93. The summed E-state index contributed by atoms with van der Waals surface area (Å²) in [6.07, 6.45) is -0.818. The van der Waals surface area contributed by atoms with Gasteiger partial charge in [0.25, 0.3) is 6.43 Å². The minimum absolute atomic E-state index is 0.495.